The maximum absolute atomic E-state index is 11.4. The van der Waals surface area contributed by atoms with E-state index in [4.69, 9.17) is 4.74 Å². The highest BCUT2D eigenvalue weighted by Crippen LogP contribution is 2.41. The van der Waals surface area contributed by atoms with Crippen molar-refractivity contribution in [2.45, 2.75) is 64.3 Å². The molecule has 0 bridgehead atoms. The predicted octanol–water partition coefficient (Wildman–Crippen LogP) is 1.67. The predicted molar refractivity (Wildman–Crippen MR) is 54.1 cm³/mol. The summed E-state index contributed by atoms with van der Waals surface area (Å²) in [5.41, 5.74) is -2.10. The third kappa shape index (κ3) is 2.34. The van der Waals surface area contributed by atoms with Gasteiger partial charge in [0.25, 0.3) is 0 Å². The number of rotatable bonds is 1. The molecule has 0 atom stereocenters. The van der Waals surface area contributed by atoms with E-state index < -0.39 is 16.8 Å². The van der Waals surface area contributed by atoms with Crippen molar-refractivity contribution in [1.29, 1.82) is 0 Å². The summed E-state index contributed by atoms with van der Waals surface area (Å²) in [6, 6.07) is 0. The average molecular weight is 200 g/mol. The largest absolute Gasteiger partial charge is 0.382 e. The zero-order chi connectivity index (χ0) is 11.2. The highest BCUT2D eigenvalue weighted by atomic mass is 16.5. The molecule has 0 amide bonds. The molecule has 3 nitrogen and oxygen atoms in total. The Labute approximate surface area is 85.5 Å². The summed E-state index contributed by atoms with van der Waals surface area (Å²) in [5, 5.41) is 10.2. The van der Waals surface area contributed by atoms with Crippen LogP contribution in [0.4, 0.5) is 0 Å². The van der Waals surface area contributed by atoms with E-state index in [0.717, 1.165) is 0 Å². The first kappa shape index (κ1) is 11.7. The quantitative estimate of drug-likeness (QED) is 0.700. The van der Waals surface area contributed by atoms with Gasteiger partial charge in [-0.1, -0.05) is 0 Å². The molecule has 1 aliphatic heterocycles. The molecule has 0 aromatic carbocycles. The summed E-state index contributed by atoms with van der Waals surface area (Å²) in [6.07, 6.45) is 0.748. The van der Waals surface area contributed by atoms with Crippen LogP contribution in [0.5, 0.6) is 0 Å². The molecular weight excluding hydrogens is 180 g/mol. The maximum atomic E-state index is 11.4. The van der Waals surface area contributed by atoms with Crippen LogP contribution in [0, 0.1) is 0 Å². The van der Waals surface area contributed by atoms with Crippen LogP contribution in [0.1, 0.15) is 47.5 Å². The molecule has 1 aliphatic rings. The molecule has 0 radical (unpaired) electrons. The van der Waals surface area contributed by atoms with Crippen LogP contribution in [-0.2, 0) is 9.53 Å². The Kier molecular flexibility index (Phi) is 2.53. The lowest BCUT2D eigenvalue weighted by atomic mass is 9.75. The first-order valence-electron chi connectivity index (χ1n) is 5.00. The van der Waals surface area contributed by atoms with Crippen molar-refractivity contribution in [2.75, 3.05) is 0 Å². The van der Waals surface area contributed by atoms with Crippen molar-refractivity contribution in [3.05, 3.63) is 0 Å². The number of hydrogen-bond donors (Lipinski definition) is 1. The highest BCUT2D eigenvalue weighted by molar-refractivity contribution is 5.85. The average Bonchev–Trinajstić information content (AvgIpc) is 1.76. The lowest BCUT2D eigenvalue weighted by Crippen LogP contribution is -2.56. The zero-order valence-electron chi connectivity index (χ0n) is 9.68. The standard InChI is InChI=1S/C11H20O3/c1-8(12)11(13)6-9(2,3)14-10(4,5)7-11/h13H,6-7H2,1-5H3. The molecule has 1 saturated heterocycles. The molecule has 0 spiro atoms. The van der Waals surface area contributed by atoms with Gasteiger partial charge in [0.05, 0.1) is 11.2 Å². The van der Waals surface area contributed by atoms with Gasteiger partial charge in [-0.15, -0.1) is 0 Å². The summed E-state index contributed by atoms with van der Waals surface area (Å²) < 4.78 is 5.79. The van der Waals surface area contributed by atoms with E-state index >= 15 is 0 Å². The highest BCUT2D eigenvalue weighted by Gasteiger charge is 2.49. The van der Waals surface area contributed by atoms with Crippen LogP contribution < -0.4 is 0 Å². The van der Waals surface area contributed by atoms with E-state index in [1.54, 1.807) is 0 Å². The Morgan fingerprint density at radius 1 is 1.14 bits per heavy atom. The zero-order valence-corrected chi connectivity index (χ0v) is 9.68. The normalized spacial score (nSPS) is 28.4. The van der Waals surface area contributed by atoms with Crippen molar-refractivity contribution in [3.63, 3.8) is 0 Å². The molecule has 0 aromatic heterocycles. The Morgan fingerprint density at radius 3 is 1.79 bits per heavy atom. The lowest BCUT2D eigenvalue weighted by molar-refractivity contribution is -0.217. The molecule has 14 heavy (non-hydrogen) atoms. The molecule has 0 saturated carbocycles. The van der Waals surface area contributed by atoms with E-state index in [2.05, 4.69) is 0 Å². The molecule has 1 N–H and O–H groups in total. The lowest BCUT2D eigenvalue weighted by Gasteiger charge is -2.48. The first-order valence-corrected chi connectivity index (χ1v) is 5.00. The van der Waals surface area contributed by atoms with Crippen molar-refractivity contribution in [2.24, 2.45) is 0 Å². The fraction of sp³-hybridized carbons (Fsp3) is 0.909. The molecule has 0 unspecified atom stereocenters. The van der Waals surface area contributed by atoms with E-state index in [9.17, 15) is 9.90 Å². The van der Waals surface area contributed by atoms with Gasteiger partial charge in [0, 0.05) is 12.8 Å². The maximum Gasteiger partial charge on any atom is 0.161 e. The van der Waals surface area contributed by atoms with Crippen LogP contribution in [0.2, 0.25) is 0 Å². The Balaban J connectivity index is 2.97. The molecule has 1 fully saturated rings. The second-order valence-electron chi connectivity index (χ2n) is 5.56. The van der Waals surface area contributed by atoms with E-state index in [0.29, 0.717) is 12.8 Å². The molecular formula is C11H20O3. The fourth-order valence-corrected chi connectivity index (χ4v) is 2.54. The van der Waals surface area contributed by atoms with Gasteiger partial charge in [0.2, 0.25) is 0 Å². The molecule has 3 heteroatoms. The Bertz CT molecular complexity index is 237. The molecule has 0 aromatic rings. The minimum absolute atomic E-state index is 0.165. The van der Waals surface area contributed by atoms with E-state index in [1.807, 2.05) is 27.7 Å². The van der Waals surface area contributed by atoms with Crippen molar-refractivity contribution in [3.8, 4) is 0 Å². The van der Waals surface area contributed by atoms with Gasteiger partial charge in [-0.25, -0.2) is 0 Å². The molecule has 0 aliphatic carbocycles. The van der Waals surface area contributed by atoms with Crippen molar-refractivity contribution in [1.82, 2.24) is 0 Å². The summed E-state index contributed by atoms with van der Waals surface area (Å²) in [7, 11) is 0. The first-order chi connectivity index (χ1) is 6.06. The van der Waals surface area contributed by atoms with Gasteiger partial charge in [-0.2, -0.15) is 0 Å². The number of Topliss-reactive ketones (excluding diaryl/α,β-unsaturated/α-hetero) is 1. The van der Waals surface area contributed by atoms with Gasteiger partial charge in [-0.3, -0.25) is 4.79 Å². The topological polar surface area (TPSA) is 46.5 Å². The summed E-state index contributed by atoms with van der Waals surface area (Å²) in [6.45, 7) is 9.06. The number of hydrogen-bond acceptors (Lipinski definition) is 3. The third-order valence-corrected chi connectivity index (χ3v) is 2.64. The number of carbonyl (C=O) groups excluding carboxylic acids is 1. The second-order valence-corrected chi connectivity index (χ2v) is 5.56. The van der Waals surface area contributed by atoms with E-state index in [1.165, 1.54) is 6.92 Å². The Morgan fingerprint density at radius 2 is 1.50 bits per heavy atom. The third-order valence-electron chi connectivity index (χ3n) is 2.64. The van der Waals surface area contributed by atoms with Crippen LogP contribution >= 0.6 is 0 Å². The van der Waals surface area contributed by atoms with Crippen LogP contribution in [0.3, 0.4) is 0 Å². The smallest absolute Gasteiger partial charge is 0.161 e. The number of carbonyl (C=O) groups is 1. The summed E-state index contributed by atoms with van der Waals surface area (Å²) >= 11 is 0. The molecule has 1 rings (SSSR count). The van der Waals surface area contributed by atoms with Crippen molar-refractivity contribution >= 4 is 5.78 Å². The molecule has 1 heterocycles. The van der Waals surface area contributed by atoms with Crippen molar-refractivity contribution < 1.29 is 14.6 Å². The number of ether oxygens (including phenoxy) is 1. The fourth-order valence-electron chi connectivity index (χ4n) is 2.54. The van der Waals surface area contributed by atoms with Gasteiger partial charge >= 0.3 is 0 Å². The minimum Gasteiger partial charge on any atom is -0.382 e. The minimum atomic E-state index is -1.22. The van der Waals surface area contributed by atoms with Gasteiger partial charge in [0.15, 0.2) is 5.78 Å². The van der Waals surface area contributed by atoms with Gasteiger partial charge < -0.3 is 9.84 Å². The number of ketones is 1. The summed E-state index contributed by atoms with van der Waals surface area (Å²) in [5.74, 6) is -0.165. The molecule has 82 valence electrons. The van der Waals surface area contributed by atoms with Crippen LogP contribution in [0.15, 0.2) is 0 Å². The van der Waals surface area contributed by atoms with Crippen LogP contribution in [-0.4, -0.2) is 27.7 Å². The van der Waals surface area contributed by atoms with E-state index in [-0.39, 0.29) is 5.78 Å². The monoisotopic (exact) mass is 200 g/mol. The number of aliphatic hydroxyl groups is 1. The van der Waals surface area contributed by atoms with Crippen LogP contribution in [0.25, 0.3) is 0 Å². The SMILES string of the molecule is CC(=O)C1(O)CC(C)(C)OC(C)(C)C1. The Hall–Kier alpha value is -0.410. The summed E-state index contributed by atoms with van der Waals surface area (Å²) in [4.78, 5) is 11.4. The van der Waals surface area contributed by atoms with Gasteiger partial charge in [-0.05, 0) is 34.6 Å². The van der Waals surface area contributed by atoms with Gasteiger partial charge in [0.1, 0.15) is 5.60 Å². The second kappa shape index (κ2) is 3.04.